The second kappa shape index (κ2) is 4.07. The molecule has 2 bridgehead atoms. The van der Waals surface area contributed by atoms with Gasteiger partial charge in [0.1, 0.15) is 14.0 Å². The van der Waals surface area contributed by atoms with Gasteiger partial charge >= 0.3 is 5.97 Å². The molecule has 4 nitrogen and oxygen atoms in total. The zero-order valence-electron chi connectivity index (χ0n) is 10.3. The van der Waals surface area contributed by atoms with E-state index in [1.807, 2.05) is 18.2 Å². The van der Waals surface area contributed by atoms with Gasteiger partial charge in [-0.3, -0.25) is 0 Å². The smallest absolute Gasteiger partial charge is 0.357 e. The van der Waals surface area contributed by atoms with Crippen molar-refractivity contribution >= 4 is 44.5 Å². The molecule has 1 saturated carbocycles. The van der Waals surface area contributed by atoms with Crippen LogP contribution in [0.15, 0.2) is 24.3 Å². The fraction of sp³-hybridized carbons (Fsp3) is 0.286. The summed E-state index contributed by atoms with van der Waals surface area (Å²) in [7, 11) is 0. The fourth-order valence-corrected chi connectivity index (χ4v) is 5.74. The van der Waals surface area contributed by atoms with Crippen molar-refractivity contribution in [1.29, 1.82) is 0 Å². The number of benzene rings is 1. The number of carboxylic acids is 1. The number of hydrogen-bond donors (Lipinski definition) is 1. The molecule has 1 aromatic carbocycles. The lowest BCUT2D eigenvalue weighted by atomic mass is 9.75. The summed E-state index contributed by atoms with van der Waals surface area (Å²) in [6.45, 7) is 0. The highest BCUT2D eigenvalue weighted by atomic mass is 127. The Morgan fingerprint density at radius 3 is 2.85 bits per heavy atom. The molecule has 0 atom stereocenters. The maximum Gasteiger partial charge on any atom is 0.357 e. The minimum atomic E-state index is -0.973. The highest BCUT2D eigenvalue weighted by Crippen LogP contribution is 2.59. The van der Waals surface area contributed by atoms with E-state index in [9.17, 15) is 9.90 Å². The normalized spacial score (nSPS) is 26.2. The molecule has 6 heteroatoms. The van der Waals surface area contributed by atoms with Crippen LogP contribution in [0.1, 0.15) is 34.8 Å². The molecule has 0 radical (unpaired) electrons. The van der Waals surface area contributed by atoms with Crippen LogP contribution in [0, 0.1) is 3.70 Å². The van der Waals surface area contributed by atoms with Crippen molar-refractivity contribution in [3.63, 3.8) is 0 Å². The number of halogens is 2. The monoisotopic (exact) mass is 444 g/mol. The molecule has 1 aliphatic carbocycles. The van der Waals surface area contributed by atoms with Gasteiger partial charge in [-0.1, -0.05) is 40.2 Å². The van der Waals surface area contributed by atoms with E-state index >= 15 is 0 Å². The highest BCUT2D eigenvalue weighted by Gasteiger charge is 2.50. The van der Waals surface area contributed by atoms with Crippen molar-refractivity contribution in [2.45, 2.75) is 23.2 Å². The van der Waals surface area contributed by atoms with Crippen molar-refractivity contribution < 1.29 is 9.90 Å². The molecule has 20 heavy (non-hydrogen) atoms. The van der Waals surface area contributed by atoms with Crippen LogP contribution >= 0.6 is 38.5 Å². The summed E-state index contributed by atoms with van der Waals surface area (Å²) in [5.74, 6) is 0.315. The summed E-state index contributed by atoms with van der Waals surface area (Å²) in [5, 5.41) is 9.32. The van der Waals surface area contributed by atoms with Crippen LogP contribution in [-0.2, 0) is 4.45 Å². The third-order valence-corrected chi connectivity index (χ3v) is 6.18. The second-order valence-corrected chi connectivity index (χ2v) is 7.82. The van der Waals surface area contributed by atoms with Crippen LogP contribution in [0.5, 0.6) is 0 Å². The minimum Gasteiger partial charge on any atom is -0.476 e. The van der Waals surface area contributed by atoms with Gasteiger partial charge in [0.25, 0.3) is 0 Å². The van der Waals surface area contributed by atoms with Crippen molar-refractivity contribution in [2.24, 2.45) is 0 Å². The number of rotatable bonds is 1. The Morgan fingerprint density at radius 2 is 2.15 bits per heavy atom. The first kappa shape index (κ1) is 12.8. The maximum absolute atomic E-state index is 11.4. The van der Waals surface area contributed by atoms with E-state index in [-0.39, 0.29) is 10.1 Å². The summed E-state index contributed by atoms with van der Waals surface area (Å²) in [6, 6.07) is 8.18. The third kappa shape index (κ3) is 1.52. The van der Waals surface area contributed by atoms with Gasteiger partial charge in [0.05, 0.1) is 0 Å². The van der Waals surface area contributed by atoms with E-state index in [0.717, 1.165) is 24.2 Å². The molecule has 2 aliphatic heterocycles. The molecular weight excluding hydrogens is 435 g/mol. The van der Waals surface area contributed by atoms with Crippen LogP contribution < -0.4 is 0 Å². The topological polar surface area (TPSA) is 55.1 Å². The van der Waals surface area contributed by atoms with Gasteiger partial charge in [-0.15, -0.1) is 0 Å². The van der Waals surface area contributed by atoms with Crippen LogP contribution in [0.3, 0.4) is 0 Å². The largest absolute Gasteiger partial charge is 0.476 e. The van der Waals surface area contributed by atoms with Gasteiger partial charge in [-0.05, 0) is 46.9 Å². The lowest BCUT2D eigenvalue weighted by Gasteiger charge is -2.43. The maximum atomic E-state index is 11.4. The van der Waals surface area contributed by atoms with Gasteiger partial charge in [-0.25, -0.2) is 9.78 Å². The van der Waals surface area contributed by atoms with E-state index < -0.39 is 5.97 Å². The fourth-order valence-electron chi connectivity index (χ4n) is 3.24. The van der Waals surface area contributed by atoms with E-state index in [1.54, 1.807) is 0 Å². The first-order valence-corrected chi connectivity index (χ1v) is 8.19. The van der Waals surface area contributed by atoms with Crippen molar-refractivity contribution in [3.05, 3.63) is 39.2 Å². The van der Waals surface area contributed by atoms with Gasteiger partial charge in [0.2, 0.25) is 0 Å². The Hall–Kier alpha value is -0.890. The SMILES string of the molecule is O=C(O)c1nc2n(c1I)C1(Br)CC(C1)c1ccccc1-2. The van der Waals surface area contributed by atoms with Crippen LogP contribution in [0.25, 0.3) is 11.4 Å². The first-order chi connectivity index (χ1) is 9.51. The Labute approximate surface area is 137 Å². The summed E-state index contributed by atoms with van der Waals surface area (Å²) in [6.07, 6.45) is 1.95. The molecule has 0 spiro atoms. The third-order valence-electron chi connectivity index (χ3n) is 4.18. The standard InChI is InChI=1S/C14H10BrIN2O2/c15-14-5-7(6-14)8-3-1-2-4-9(8)12-17-10(13(19)20)11(16)18(12)14/h1-4,7H,5-6H2,(H,19,20). The van der Waals surface area contributed by atoms with Gasteiger partial charge in [-0.2, -0.15) is 0 Å². The zero-order valence-corrected chi connectivity index (χ0v) is 14.1. The summed E-state index contributed by atoms with van der Waals surface area (Å²) in [5.41, 5.74) is 2.47. The number of alkyl halides is 1. The Bertz CT molecular complexity index is 750. The lowest BCUT2D eigenvalue weighted by molar-refractivity contribution is 0.0689. The van der Waals surface area contributed by atoms with Crippen molar-refractivity contribution in [3.8, 4) is 11.4 Å². The number of aromatic carboxylic acids is 1. The van der Waals surface area contributed by atoms with Crippen LogP contribution in [0.2, 0.25) is 0 Å². The van der Waals surface area contributed by atoms with Crippen LogP contribution in [0.4, 0.5) is 0 Å². The molecule has 1 aromatic heterocycles. The molecular formula is C14H10BrIN2O2. The molecule has 3 aliphatic rings. The number of hydrogen-bond acceptors (Lipinski definition) is 2. The number of carbonyl (C=O) groups is 1. The number of nitrogens with zero attached hydrogens (tertiary/aromatic N) is 2. The lowest BCUT2D eigenvalue weighted by Crippen LogP contribution is -2.39. The molecule has 0 saturated heterocycles. The predicted molar refractivity (Wildman–Crippen MR) is 86.2 cm³/mol. The Kier molecular flexibility index (Phi) is 2.61. The summed E-state index contributed by atoms with van der Waals surface area (Å²) >= 11 is 5.89. The summed E-state index contributed by atoms with van der Waals surface area (Å²) < 4.78 is 2.56. The average molecular weight is 445 g/mol. The molecule has 102 valence electrons. The number of aromatic nitrogens is 2. The van der Waals surface area contributed by atoms with Gasteiger partial charge < -0.3 is 9.67 Å². The Balaban J connectivity index is 2.08. The molecule has 3 heterocycles. The molecule has 2 aromatic rings. The van der Waals surface area contributed by atoms with Gasteiger partial charge in [0.15, 0.2) is 5.69 Å². The second-order valence-electron chi connectivity index (χ2n) is 5.33. The average Bonchev–Trinajstić information content (AvgIpc) is 2.63. The molecule has 5 rings (SSSR count). The van der Waals surface area contributed by atoms with E-state index in [4.69, 9.17) is 0 Å². The molecule has 0 amide bonds. The molecule has 0 unspecified atom stereocenters. The molecule has 1 N–H and O–H groups in total. The number of imidazole rings is 1. The quantitative estimate of drug-likeness (QED) is 0.537. The first-order valence-electron chi connectivity index (χ1n) is 6.31. The van der Waals surface area contributed by atoms with Gasteiger partial charge in [0, 0.05) is 5.56 Å². The van der Waals surface area contributed by atoms with E-state index in [1.165, 1.54) is 5.56 Å². The zero-order chi connectivity index (χ0) is 14.1. The van der Waals surface area contributed by atoms with Crippen molar-refractivity contribution in [1.82, 2.24) is 9.55 Å². The predicted octanol–water partition coefficient (Wildman–Crippen LogP) is 3.79. The van der Waals surface area contributed by atoms with E-state index in [2.05, 4.69) is 54.1 Å². The highest BCUT2D eigenvalue weighted by molar-refractivity contribution is 14.1. The van der Waals surface area contributed by atoms with Crippen LogP contribution in [-0.4, -0.2) is 20.6 Å². The Morgan fingerprint density at radius 1 is 1.45 bits per heavy atom. The number of carboxylic acid groups (broad SMARTS) is 1. The minimum absolute atomic E-state index is 0.138. The molecule has 1 fully saturated rings. The van der Waals surface area contributed by atoms with Crippen molar-refractivity contribution in [2.75, 3.05) is 0 Å². The van der Waals surface area contributed by atoms with E-state index in [0.29, 0.717) is 9.62 Å². The summed E-state index contributed by atoms with van der Waals surface area (Å²) in [4.78, 5) is 15.8.